The van der Waals surface area contributed by atoms with E-state index in [-0.39, 0.29) is 78.1 Å². The third kappa shape index (κ3) is 12.9. The molecule has 0 saturated carbocycles. The summed E-state index contributed by atoms with van der Waals surface area (Å²) in [6, 6.07) is 17.7. The number of rotatable bonds is 2. The van der Waals surface area contributed by atoms with Crippen LogP contribution in [0.3, 0.4) is 0 Å². The van der Waals surface area contributed by atoms with Gasteiger partial charge < -0.3 is 29.6 Å². The van der Waals surface area contributed by atoms with Crippen LogP contribution in [0.15, 0.2) is 48.5 Å². The van der Waals surface area contributed by atoms with Gasteiger partial charge in [0.05, 0.1) is 0 Å². The van der Waals surface area contributed by atoms with E-state index in [1.807, 2.05) is 0 Å². The molecule has 0 nitrogen and oxygen atoms in total. The molecule has 32 heavy (non-hydrogen) atoms. The van der Waals surface area contributed by atoms with Crippen LogP contribution in [0.5, 0.6) is 0 Å². The molecule has 6 heteroatoms. The maximum atomic E-state index is 2.36. The van der Waals surface area contributed by atoms with Crippen LogP contribution >= 0.6 is 40.7 Å². The molecular weight excluding hydrogens is 607 g/mol. The van der Waals surface area contributed by atoms with Crippen LogP contribution in [0.4, 0.5) is 0 Å². The second-order valence-corrected chi connectivity index (χ2v) is 19.4. The second-order valence-electron chi connectivity index (χ2n) is 11.6. The summed E-state index contributed by atoms with van der Waals surface area (Å²) in [6.45, 7) is 28.3. The standard InChI is InChI=1S/2C13H22P.2ClH.Fe.Pd/c2*1-12(2,3)14(13(4,5)6)11-9-7-8-10-11;;;;/h2*7-10H,1-6H3;2*1H;;/q-5;-1;;;;. The van der Waals surface area contributed by atoms with Crippen molar-refractivity contribution in [1.82, 2.24) is 0 Å². The average Bonchev–Trinajstić information content (AvgIpc) is 3.06. The molecule has 2 rings (SSSR count). The molecule has 0 aromatic heterocycles. The molecule has 0 heterocycles. The predicted molar refractivity (Wildman–Crippen MR) is 151 cm³/mol. The Labute approximate surface area is 239 Å². The Hall–Kier alpha value is 1.32. The van der Waals surface area contributed by atoms with Crippen LogP contribution < -0.4 is 10.6 Å². The molecule has 0 aliphatic carbocycles. The van der Waals surface area contributed by atoms with Crippen molar-refractivity contribution < 1.29 is 37.5 Å². The molecule has 0 saturated heterocycles. The van der Waals surface area contributed by atoms with Gasteiger partial charge in [-0.25, -0.2) is 12.1 Å². The van der Waals surface area contributed by atoms with Gasteiger partial charge >= 0.3 is 0 Å². The van der Waals surface area contributed by atoms with Crippen molar-refractivity contribution in [2.75, 3.05) is 0 Å². The number of halogens is 2. The normalized spacial score (nSPS) is 11.9. The fourth-order valence-electron chi connectivity index (χ4n) is 4.59. The Kier molecular flexibility index (Phi) is 19.5. The van der Waals surface area contributed by atoms with Gasteiger partial charge in [-0.15, -0.1) is 38.0 Å². The van der Waals surface area contributed by atoms with Crippen molar-refractivity contribution in [3.8, 4) is 0 Å². The Morgan fingerprint density at radius 2 is 0.844 bits per heavy atom. The van der Waals surface area contributed by atoms with Crippen molar-refractivity contribution in [1.29, 1.82) is 0 Å². The molecule has 2 aromatic rings. The molecule has 198 valence electrons. The van der Waals surface area contributed by atoms with Gasteiger partial charge in [0.15, 0.2) is 0 Å². The number of hydrogen-bond acceptors (Lipinski definition) is 0. The van der Waals surface area contributed by atoms with Gasteiger partial charge in [-0.2, -0.15) is 12.1 Å². The van der Waals surface area contributed by atoms with Crippen LogP contribution in [0, 0.1) is 0 Å². The minimum Gasteiger partial charge on any atom is -0.747 e. The van der Waals surface area contributed by atoms with E-state index in [0.717, 1.165) is 0 Å². The van der Waals surface area contributed by atoms with E-state index in [4.69, 9.17) is 0 Å². The fraction of sp³-hybridized carbons (Fsp3) is 0.615. The quantitative estimate of drug-likeness (QED) is 0.172. The molecule has 0 amide bonds. The van der Waals surface area contributed by atoms with Crippen LogP contribution in [0.25, 0.3) is 0 Å². The molecular formula is C26H46Cl2FeP2Pd-6. The smallest absolute Gasteiger partial charge is 0 e. The summed E-state index contributed by atoms with van der Waals surface area (Å²) in [6.07, 6.45) is 0. The van der Waals surface area contributed by atoms with Crippen molar-refractivity contribution in [3.05, 3.63) is 48.5 Å². The van der Waals surface area contributed by atoms with Gasteiger partial charge in [0, 0.05) is 37.5 Å². The first-order valence-electron chi connectivity index (χ1n) is 10.5. The van der Waals surface area contributed by atoms with E-state index < -0.39 is 0 Å². The summed E-state index contributed by atoms with van der Waals surface area (Å²) in [7, 11) is -0.202. The van der Waals surface area contributed by atoms with Gasteiger partial charge in [0.25, 0.3) is 0 Å². The van der Waals surface area contributed by atoms with Crippen LogP contribution in [0.1, 0.15) is 83.1 Å². The monoisotopic (exact) mass is 652 g/mol. The third-order valence-corrected chi connectivity index (χ3v) is 11.5. The van der Waals surface area contributed by atoms with Gasteiger partial charge in [-0.1, -0.05) is 83.1 Å². The van der Waals surface area contributed by atoms with E-state index in [1.54, 1.807) is 10.6 Å². The zero-order valence-electron chi connectivity index (χ0n) is 22.0. The summed E-state index contributed by atoms with van der Waals surface area (Å²) in [5.74, 6) is 0. The van der Waals surface area contributed by atoms with Crippen molar-refractivity contribution in [3.63, 3.8) is 0 Å². The largest absolute Gasteiger partial charge is 0.747 e. The first-order chi connectivity index (χ1) is 12.5. The molecule has 0 atom stereocenters. The Morgan fingerprint density at radius 3 is 1.09 bits per heavy atom. The van der Waals surface area contributed by atoms with Crippen LogP contribution in [0.2, 0.25) is 0 Å². The third-order valence-electron chi connectivity index (χ3n) is 4.49. The SMILES string of the molecule is CC(C)(C)P([c-]1[cH-][cH-][cH-][cH-]1)C(C)(C)C.CC(C)(C)P([c-]1cccc1)C(C)(C)C.Cl.Cl.[Fe].[Pd]. The molecule has 0 aliphatic rings. The van der Waals surface area contributed by atoms with Crippen LogP contribution in [-0.2, 0) is 37.5 Å². The van der Waals surface area contributed by atoms with Gasteiger partial charge in [-0.3, -0.25) is 7.92 Å². The molecule has 0 fully saturated rings. The molecule has 0 N–H and O–H groups in total. The molecule has 0 radical (unpaired) electrons. The van der Waals surface area contributed by atoms with Gasteiger partial charge in [0.2, 0.25) is 0 Å². The van der Waals surface area contributed by atoms with Gasteiger partial charge in [0.1, 0.15) is 0 Å². The second kappa shape index (κ2) is 15.4. The first kappa shape index (κ1) is 40.5. The summed E-state index contributed by atoms with van der Waals surface area (Å²) in [5.41, 5.74) is 0. The Bertz CT molecular complexity index is 596. The van der Waals surface area contributed by atoms with E-state index in [0.29, 0.717) is 20.6 Å². The van der Waals surface area contributed by atoms with Crippen LogP contribution in [-0.4, -0.2) is 20.6 Å². The summed E-state index contributed by atoms with van der Waals surface area (Å²) in [5, 5.41) is 4.65. The van der Waals surface area contributed by atoms with Crippen molar-refractivity contribution in [2.24, 2.45) is 0 Å². The van der Waals surface area contributed by atoms with E-state index in [1.165, 1.54) is 0 Å². The van der Waals surface area contributed by atoms with E-state index in [2.05, 4.69) is 132 Å². The summed E-state index contributed by atoms with van der Waals surface area (Å²) < 4.78 is 0. The molecule has 2 aromatic carbocycles. The molecule has 0 spiro atoms. The Balaban J connectivity index is -0.000000218. The summed E-state index contributed by atoms with van der Waals surface area (Å²) >= 11 is 0. The average molecular weight is 654 g/mol. The minimum atomic E-state index is -0.101. The maximum Gasteiger partial charge on any atom is 0 e. The Morgan fingerprint density at radius 1 is 0.562 bits per heavy atom. The molecule has 0 unspecified atom stereocenters. The van der Waals surface area contributed by atoms with Crippen molar-refractivity contribution in [2.45, 2.75) is 104 Å². The van der Waals surface area contributed by atoms with E-state index in [9.17, 15) is 0 Å². The fourth-order valence-corrected chi connectivity index (χ4v) is 12.7. The summed E-state index contributed by atoms with van der Waals surface area (Å²) in [4.78, 5) is 0. The molecule has 0 bridgehead atoms. The topological polar surface area (TPSA) is 0 Å². The number of hydrogen-bond donors (Lipinski definition) is 0. The van der Waals surface area contributed by atoms with Gasteiger partial charge in [-0.05, 0) is 20.6 Å². The van der Waals surface area contributed by atoms with E-state index >= 15 is 0 Å². The zero-order valence-corrected chi connectivity index (χ0v) is 28.1. The zero-order chi connectivity index (χ0) is 22.0. The first-order valence-corrected chi connectivity index (χ1v) is 13.2. The van der Waals surface area contributed by atoms with Crippen molar-refractivity contribution >= 4 is 51.3 Å². The maximum absolute atomic E-state index is 2.36. The molecule has 0 aliphatic heterocycles. The predicted octanol–water partition coefficient (Wildman–Crippen LogP) is 9.06. The minimum absolute atomic E-state index is 0.